The Kier molecular flexibility index (Phi) is 4.92. The first-order chi connectivity index (χ1) is 11.6. The van der Waals surface area contributed by atoms with E-state index in [2.05, 4.69) is 12.1 Å². The van der Waals surface area contributed by atoms with Gasteiger partial charge in [-0.15, -0.1) is 0 Å². The summed E-state index contributed by atoms with van der Waals surface area (Å²) < 4.78 is 10.7. The van der Waals surface area contributed by atoms with Crippen molar-refractivity contribution in [3.8, 4) is 11.5 Å². The molecule has 1 fully saturated rings. The zero-order valence-corrected chi connectivity index (χ0v) is 14.4. The molecule has 130 valence electrons. The van der Waals surface area contributed by atoms with Crippen molar-refractivity contribution in [2.24, 2.45) is 11.1 Å². The molecule has 1 saturated heterocycles. The van der Waals surface area contributed by atoms with Crippen LogP contribution in [0.4, 0.5) is 0 Å². The molecule has 1 atom stereocenters. The molecule has 3 rings (SSSR count). The van der Waals surface area contributed by atoms with E-state index in [0.29, 0.717) is 23.8 Å². The fourth-order valence-electron chi connectivity index (χ4n) is 3.14. The molecule has 1 aromatic carbocycles. The lowest BCUT2D eigenvalue weighted by Gasteiger charge is -2.31. The third kappa shape index (κ3) is 3.32. The van der Waals surface area contributed by atoms with Gasteiger partial charge in [0.05, 0.1) is 19.9 Å². The first-order valence-electron chi connectivity index (χ1n) is 8.36. The molecule has 0 aromatic heterocycles. The zero-order chi connectivity index (χ0) is 17.1. The second kappa shape index (κ2) is 7.11. The fraction of sp³-hybridized carbons (Fsp3) is 0.556. The van der Waals surface area contributed by atoms with Crippen LogP contribution in [0.2, 0.25) is 0 Å². The SMILES string of the molecule is COc1ccc(OC)c(C2=NO[C@H](C(=O)N3CCC(C)CC3)C2)c1. The highest BCUT2D eigenvalue weighted by molar-refractivity contribution is 6.06. The number of ether oxygens (including phenoxy) is 2. The van der Waals surface area contributed by atoms with Crippen molar-refractivity contribution in [2.75, 3.05) is 27.3 Å². The van der Waals surface area contributed by atoms with Crippen LogP contribution in [-0.4, -0.2) is 49.9 Å². The second-order valence-corrected chi connectivity index (χ2v) is 6.41. The quantitative estimate of drug-likeness (QED) is 0.850. The largest absolute Gasteiger partial charge is 0.497 e. The van der Waals surface area contributed by atoms with Gasteiger partial charge in [0, 0.05) is 25.1 Å². The number of benzene rings is 1. The monoisotopic (exact) mass is 332 g/mol. The van der Waals surface area contributed by atoms with Crippen LogP contribution in [0.5, 0.6) is 11.5 Å². The van der Waals surface area contributed by atoms with Crippen molar-refractivity contribution in [1.82, 2.24) is 4.90 Å². The fourth-order valence-corrected chi connectivity index (χ4v) is 3.14. The van der Waals surface area contributed by atoms with Crippen molar-refractivity contribution in [2.45, 2.75) is 32.3 Å². The first kappa shape index (κ1) is 16.6. The van der Waals surface area contributed by atoms with Crippen LogP contribution in [0.25, 0.3) is 0 Å². The molecule has 2 aliphatic heterocycles. The number of amides is 1. The third-order valence-electron chi connectivity index (χ3n) is 4.76. The summed E-state index contributed by atoms with van der Waals surface area (Å²) in [6, 6.07) is 5.52. The van der Waals surface area contributed by atoms with Crippen molar-refractivity contribution in [1.29, 1.82) is 0 Å². The number of methoxy groups -OCH3 is 2. The minimum absolute atomic E-state index is 0.0301. The van der Waals surface area contributed by atoms with Gasteiger partial charge in [0.15, 0.2) is 0 Å². The maximum atomic E-state index is 12.6. The molecule has 1 amide bonds. The number of piperidine rings is 1. The molecule has 6 nitrogen and oxygen atoms in total. The van der Waals surface area contributed by atoms with E-state index in [1.807, 2.05) is 23.1 Å². The van der Waals surface area contributed by atoms with Gasteiger partial charge in [0.2, 0.25) is 6.10 Å². The van der Waals surface area contributed by atoms with Gasteiger partial charge in [-0.25, -0.2) is 0 Å². The van der Waals surface area contributed by atoms with Crippen LogP contribution in [-0.2, 0) is 9.63 Å². The number of carbonyl (C=O) groups excluding carboxylic acids is 1. The van der Waals surface area contributed by atoms with Crippen molar-refractivity contribution in [3.05, 3.63) is 23.8 Å². The summed E-state index contributed by atoms with van der Waals surface area (Å²) in [5.41, 5.74) is 1.52. The highest BCUT2D eigenvalue weighted by atomic mass is 16.6. The lowest BCUT2D eigenvalue weighted by Crippen LogP contribution is -2.43. The second-order valence-electron chi connectivity index (χ2n) is 6.41. The van der Waals surface area contributed by atoms with Gasteiger partial charge in [-0.1, -0.05) is 12.1 Å². The summed E-state index contributed by atoms with van der Waals surface area (Å²) in [5, 5.41) is 4.14. The Labute approximate surface area is 142 Å². The Hall–Kier alpha value is -2.24. The maximum absolute atomic E-state index is 12.6. The number of rotatable bonds is 4. The highest BCUT2D eigenvalue weighted by Gasteiger charge is 2.34. The Morgan fingerprint density at radius 3 is 2.67 bits per heavy atom. The lowest BCUT2D eigenvalue weighted by molar-refractivity contribution is -0.143. The molecule has 2 aliphatic rings. The molecule has 6 heteroatoms. The van der Waals surface area contributed by atoms with E-state index in [1.165, 1.54) is 0 Å². The molecule has 0 saturated carbocycles. The predicted octanol–water partition coefficient (Wildman–Crippen LogP) is 2.46. The highest BCUT2D eigenvalue weighted by Crippen LogP contribution is 2.29. The van der Waals surface area contributed by atoms with Gasteiger partial charge < -0.3 is 19.2 Å². The van der Waals surface area contributed by atoms with Crippen molar-refractivity contribution in [3.63, 3.8) is 0 Å². The van der Waals surface area contributed by atoms with E-state index in [0.717, 1.165) is 37.2 Å². The molecule has 0 unspecified atom stereocenters. The maximum Gasteiger partial charge on any atom is 0.266 e. The Morgan fingerprint density at radius 2 is 2.00 bits per heavy atom. The van der Waals surface area contributed by atoms with E-state index in [9.17, 15) is 4.79 Å². The Bertz CT molecular complexity index is 636. The molecule has 0 aliphatic carbocycles. The third-order valence-corrected chi connectivity index (χ3v) is 4.76. The Morgan fingerprint density at radius 1 is 1.25 bits per heavy atom. The summed E-state index contributed by atoms with van der Waals surface area (Å²) in [6.45, 7) is 3.83. The number of hydrogen-bond donors (Lipinski definition) is 0. The van der Waals surface area contributed by atoms with Gasteiger partial charge in [-0.05, 0) is 37.0 Å². The van der Waals surface area contributed by atoms with Gasteiger partial charge in [0.25, 0.3) is 5.91 Å². The van der Waals surface area contributed by atoms with Gasteiger partial charge >= 0.3 is 0 Å². The van der Waals surface area contributed by atoms with Crippen LogP contribution in [0.1, 0.15) is 31.7 Å². The van der Waals surface area contributed by atoms with Crippen LogP contribution in [0, 0.1) is 5.92 Å². The Balaban J connectivity index is 1.70. The van der Waals surface area contributed by atoms with E-state index in [4.69, 9.17) is 14.3 Å². The summed E-state index contributed by atoms with van der Waals surface area (Å²) >= 11 is 0. The molecule has 0 bridgehead atoms. The average Bonchev–Trinajstić information content (AvgIpc) is 3.11. The first-order valence-corrected chi connectivity index (χ1v) is 8.36. The standard InChI is InChI=1S/C18H24N2O4/c1-12-6-8-20(9-7-12)18(21)17-11-15(19-24-17)14-10-13(22-2)4-5-16(14)23-3/h4-5,10,12,17H,6-9,11H2,1-3H3/t17-/m0/s1. The number of oxime groups is 1. The minimum atomic E-state index is -0.538. The van der Waals surface area contributed by atoms with E-state index in [-0.39, 0.29) is 5.91 Å². The molecular weight excluding hydrogens is 308 g/mol. The topological polar surface area (TPSA) is 60.4 Å². The van der Waals surface area contributed by atoms with Crippen LogP contribution in [0.15, 0.2) is 23.4 Å². The van der Waals surface area contributed by atoms with E-state index >= 15 is 0 Å². The number of nitrogens with zero attached hydrogens (tertiary/aromatic N) is 2. The van der Waals surface area contributed by atoms with E-state index in [1.54, 1.807) is 14.2 Å². The molecule has 0 radical (unpaired) electrons. The normalized spacial score (nSPS) is 21.2. The number of carbonyl (C=O) groups is 1. The molecular formula is C18H24N2O4. The molecule has 0 spiro atoms. The van der Waals surface area contributed by atoms with Crippen LogP contribution in [0.3, 0.4) is 0 Å². The average molecular weight is 332 g/mol. The molecule has 24 heavy (non-hydrogen) atoms. The van der Waals surface area contributed by atoms with Crippen molar-refractivity contribution < 1.29 is 19.1 Å². The van der Waals surface area contributed by atoms with Crippen molar-refractivity contribution >= 4 is 11.6 Å². The lowest BCUT2D eigenvalue weighted by atomic mass is 9.98. The van der Waals surface area contributed by atoms with Crippen LogP contribution >= 0.6 is 0 Å². The number of hydrogen-bond acceptors (Lipinski definition) is 5. The smallest absolute Gasteiger partial charge is 0.266 e. The summed E-state index contributed by atoms with van der Waals surface area (Å²) in [5.74, 6) is 2.13. The summed E-state index contributed by atoms with van der Waals surface area (Å²) in [4.78, 5) is 20.0. The minimum Gasteiger partial charge on any atom is -0.497 e. The number of likely N-dealkylation sites (tertiary alicyclic amines) is 1. The predicted molar refractivity (Wildman–Crippen MR) is 90.6 cm³/mol. The van der Waals surface area contributed by atoms with E-state index < -0.39 is 6.10 Å². The zero-order valence-electron chi connectivity index (χ0n) is 14.4. The van der Waals surface area contributed by atoms with Gasteiger partial charge in [-0.3, -0.25) is 4.79 Å². The molecule has 2 heterocycles. The molecule has 1 aromatic rings. The summed E-state index contributed by atoms with van der Waals surface area (Å²) in [6.07, 6.45) is 2.02. The van der Waals surface area contributed by atoms with Gasteiger partial charge in [0.1, 0.15) is 11.5 Å². The summed E-state index contributed by atoms with van der Waals surface area (Å²) in [7, 11) is 3.22. The molecule has 0 N–H and O–H groups in total. The van der Waals surface area contributed by atoms with Gasteiger partial charge in [-0.2, -0.15) is 0 Å². The van der Waals surface area contributed by atoms with Crippen LogP contribution < -0.4 is 9.47 Å².